The molecule has 1 aliphatic carbocycles. The summed E-state index contributed by atoms with van der Waals surface area (Å²) in [5.41, 5.74) is 3.95. The minimum atomic E-state index is 1.05. The maximum absolute atomic E-state index is 4.56. The molecule has 17 heavy (non-hydrogen) atoms. The number of hydrogen-bond acceptors (Lipinski definition) is 3. The van der Waals surface area contributed by atoms with Crippen molar-refractivity contribution < 1.29 is 0 Å². The lowest BCUT2D eigenvalue weighted by Crippen LogP contribution is -2.42. The first kappa shape index (κ1) is 10.9. The maximum Gasteiger partial charge on any atom is 0.0658 e. The maximum atomic E-state index is 4.56. The van der Waals surface area contributed by atoms with Crippen molar-refractivity contribution in [3.05, 3.63) is 35.2 Å². The monoisotopic (exact) mass is 229 g/mol. The molecule has 1 saturated heterocycles. The van der Waals surface area contributed by atoms with Crippen LogP contribution in [-0.4, -0.2) is 36.1 Å². The lowest BCUT2D eigenvalue weighted by Gasteiger charge is -2.27. The number of aromatic nitrogens is 1. The van der Waals surface area contributed by atoms with E-state index in [0.717, 1.165) is 45.6 Å². The average Bonchev–Trinajstić information content (AvgIpc) is 2.40. The van der Waals surface area contributed by atoms with E-state index in [-0.39, 0.29) is 0 Å². The minimum Gasteiger partial charge on any atom is -0.314 e. The first-order valence-corrected chi connectivity index (χ1v) is 6.49. The van der Waals surface area contributed by atoms with E-state index in [4.69, 9.17) is 0 Å². The molecule has 1 aromatic heterocycles. The Balaban J connectivity index is 1.72. The highest BCUT2D eigenvalue weighted by Crippen LogP contribution is 2.18. The Morgan fingerprint density at radius 2 is 2.18 bits per heavy atom. The number of fused-ring (bicyclic) bond motifs is 1. The van der Waals surface area contributed by atoms with Crippen LogP contribution in [0.2, 0.25) is 0 Å². The zero-order chi connectivity index (χ0) is 11.5. The second-order valence-corrected chi connectivity index (χ2v) is 4.86. The predicted molar refractivity (Wildman–Crippen MR) is 69.7 cm³/mol. The Kier molecular flexibility index (Phi) is 3.20. The van der Waals surface area contributed by atoms with Gasteiger partial charge >= 0.3 is 0 Å². The van der Waals surface area contributed by atoms with E-state index < -0.39 is 0 Å². The summed E-state index contributed by atoms with van der Waals surface area (Å²) in [4.78, 5) is 7.05. The summed E-state index contributed by atoms with van der Waals surface area (Å²) >= 11 is 0. The molecule has 1 fully saturated rings. The quantitative estimate of drug-likeness (QED) is 0.832. The van der Waals surface area contributed by atoms with E-state index in [0.29, 0.717) is 0 Å². The van der Waals surface area contributed by atoms with Crippen molar-refractivity contribution in [2.75, 3.05) is 26.2 Å². The number of rotatable bonds is 2. The predicted octanol–water partition coefficient (Wildman–Crippen LogP) is 1.45. The smallest absolute Gasteiger partial charge is 0.0658 e. The standard InChI is InChI=1S/C14H19N3/c1-2-4-14-13(3-1)9-12(10-16-14)11-17-7-5-15-6-8-17/h2,4,9-10,15H,1,3,5-8,11H2. The minimum absolute atomic E-state index is 1.05. The van der Waals surface area contributed by atoms with Crippen molar-refractivity contribution >= 4 is 6.08 Å². The van der Waals surface area contributed by atoms with Gasteiger partial charge in [0.2, 0.25) is 0 Å². The van der Waals surface area contributed by atoms with E-state index in [9.17, 15) is 0 Å². The van der Waals surface area contributed by atoms with Crippen molar-refractivity contribution in [3.63, 3.8) is 0 Å². The molecule has 90 valence electrons. The average molecular weight is 229 g/mol. The van der Waals surface area contributed by atoms with Crippen LogP contribution in [0, 0.1) is 0 Å². The van der Waals surface area contributed by atoms with Crippen molar-refractivity contribution in [2.45, 2.75) is 19.4 Å². The van der Waals surface area contributed by atoms with Gasteiger partial charge in [-0.05, 0) is 30.0 Å². The van der Waals surface area contributed by atoms with Crippen LogP contribution >= 0.6 is 0 Å². The fourth-order valence-corrected chi connectivity index (χ4v) is 2.57. The molecule has 0 atom stereocenters. The Bertz CT molecular complexity index is 419. The fourth-order valence-electron chi connectivity index (χ4n) is 2.57. The number of nitrogens with zero attached hydrogens (tertiary/aromatic N) is 2. The largest absolute Gasteiger partial charge is 0.314 e. The summed E-state index contributed by atoms with van der Waals surface area (Å²) in [5, 5.41) is 3.38. The molecule has 0 saturated carbocycles. The molecule has 0 amide bonds. The summed E-state index contributed by atoms with van der Waals surface area (Å²) in [5.74, 6) is 0. The van der Waals surface area contributed by atoms with E-state index in [1.165, 1.54) is 16.8 Å². The van der Waals surface area contributed by atoms with Crippen LogP contribution in [0.25, 0.3) is 6.08 Å². The van der Waals surface area contributed by atoms with E-state index in [1.54, 1.807) is 0 Å². The van der Waals surface area contributed by atoms with Crippen LogP contribution in [-0.2, 0) is 13.0 Å². The lowest BCUT2D eigenvalue weighted by atomic mass is 10.0. The summed E-state index contributed by atoms with van der Waals surface area (Å²) in [6.07, 6.45) is 8.70. The van der Waals surface area contributed by atoms with Gasteiger partial charge in [-0.3, -0.25) is 9.88 Å². The number of allylic oxidation sites excluding steroid dienone is 1. The van der Waals surface area contributed by atoms with Gasteiger partial charge in [-0.2, -0.15) is 0 Å². The third-order valence-corrected chi connectivity index (χ3v) is 3.53. The first-order valence-electron chi connectivity index (χ1n) is 6.49. The molecule has 1 N–H and O–H groups in total. The molecule has 3 rings (SSSR count). The molecule has 0 radical (unpaired) electrons. The van der Waals surface area contributed by atoms with Crippen LogP contribution < -0.4 is 5.32 Å². The second-order valence-electron chi connectivity index (χ2n) is 4.86. The molecule has 1 aromatic rings. The van der Waals surface area contributed by atoms with Gasteiger partial charge in [0.15, 0.2) is 0 Å². The van der Waals surface area contributed by atoms with Crippen LogP contribution in [0.3, 0.4) is 0 Å². The third-order valence-electron chi connectivity index (χ3n) is 3.53. The molecular formula is C14H19N3. The summed E-state index contributed by atoms with van der Waals surface area (Å²) < 4.78 is 0. The Morgan fingerprint density at radius 3 is 3.06 bits per heavy atom. The van der Waals surface area contributed by atoms with Gasteiger partial charge in [0, 0.05) is 38.9 Å². The molecule has 0 unspecified atom stereocenters. The van der Waals surface area contributed by atoms with Crippen LogP contribution in [0.4, 0.5) is 0 Å². The lowest BCUT2D eigenvalue weighted by molar-refractivity contribution is 0.233. The number of nitrogens with one attached hydrogen (secondary N) is 1. The molecule has 2 aliphatic rings. The van der Waals surface area contributed by atoms with Gasteiger partial charge in [-0.15, -0.1) is 0 Å². The summed E-state index contributed by atoms with van der Waals surface area (Å²) in [6.45, 7) is 5.57. The van der Waals surface area contributed by atoms with Crippen molar-refractivity contribution in [3.8, 4) is 0 Å². The third kappa shape index (κ3) is 2.56. The molecular weight excluding hydrogens is 210 g/mol. The fraction of sp³-hybridized carbons (Fsp3) is 0.500. The van der Waals surface area contributed by atoms with Gasteiger partial charge in [0.05, 0.1) is 5.69 Å². The molecule has 1 aliphatic heterocycles. The summed E-state index contributed by atoms with van der Waals surface area (Å²) in [6, 6.07) is 2.34. The number of pyridine rings is 1. The topological polar surface area (TPSA) is 28.2 Å². The highest BCUT2D eigenvalue weighted by Gasteiger charge is 2.12. The molecule has 3 nitrogen and oxygen atoms in total. The highest BCUT2D eigenvalue weighted by atomic mass is 15.2. The van der Waals surface area contributed by atoms with E-state index in [1.807, 2.05) is 6.20 Å². The molecule has 0 bridgehead atoms. The van der Waals surface area contributed by atoms with Crippen LogP contribution in [0.15, 0.2) is 18.3 Å². The van der Waals surface area contributed by atoms with Crippen LogP contribution in [0.1, 0.15) is 23.2 Å². The van der Waals surface area contributed by atoms with Crippen LogP contribution in [0.5, 0.6) is 0 Å². The van der Waals surface area contributed by atoms with Gasteiger partial charge < -0.3 is 5.32 Å². The van der Waals surface area contributed by atoms with Crippen molar-refractivity contribution in [1.29, 1.82) is 0 Å². The van der Waals surface area contributed by atoms with E-state index >= 15 is 0 Å². The Hall–Kier alpha value is -1.19. The normalized spacial score (nSPS) is 20.2. The molecule has 0 aromatic carbocycles. The number of hydrogen-bond donors (Lipinski definition) is 1. The van der Waals surface area contributed by atoms with Gasteiger partial charge in [0.25, 0.3) is 0 Å². The Morgan fingerprint density at radius 1 is 1.29 bits per heavy atom. The Labute approximate surface area is 103 Å². The molecule has 0 spiro atoms. The highest BCUT2D eigenvalue weighted by molar-refractivity contribution is 5.52. The second kappa shape index (κ2) is 4.98. The van der Waals surface area contributed by atoms with E-state index in [2.05, 4.69) is 33.4 Å². The SMILES string of the molecule is C1=Cc2ncc(CN3CCNCC3)cc2CC1. The summed E-state index contributed by atoms with van der Waals surface area (Å²) in [7, 11) is 0. The van der Waals surface area contributed by atoms with Crippen molar-refractivity contribution in [1.82, 2.24) is 15.2 Å². The number of piperazine rings is 1. The number of aryl methyl sites for hydroxylation is 1. The van der Waals surface area contributed by atoms with Gasteiger partial charge in [-0.25, -0.2) is 0 Å². The van der Waals surface area contributed by atoms with Gasteiger partial charge in [-0.1, -0.05) is 12.1 Å². The van der Waals surface area contributed by atoms with Crippen molar-refractivity contribution in [2.24, 2.45) is 0 Å². The zero-order valence-corrected chi connectivity index (χ0v) is 10.2. The molecule has 2 heterocycles. The molecule has 3 heteroatoms. The first-order chi connectivity index (χ1) is 8.42. The zero-order valence-electron chi connectivity index (χ0n) is 10.2. The van der Waals surface area contributed by atoms with Gasteiger partial charge in [0.1, 0.15) is 0 Å².